The highest BCUT2D eigenvalue weighted by molar-refractivity contribution is 9.10. The van der Waals surface area contributed by atoms with E-state index >= 15 is 0 Å². The van der Waals surface area contributed by atoms with E-state index in [-0.39, 0.29) is 0 Å². The molecule has 0 aromatic rings. The van der Waals surface area contributed by atoms with Crippen LogP contribution >= 0.6 is 15.9 Å². The molecule has 5 nitrogen and oxygen atoms in total. The lowest BCUT2D eigenvalue weighted by atomic mass is 10.5. The summed E-state index contributed by atoms with van der Waals surface area (Å²) in [5.41, 5.74) is 0. The van der Waals surface area contributed by atoms with Gasteiger partial charge < -0.3 is 9.57 Å². The van der Waals surface area contributed by atoms with E-state index in [1.807, 2.05) is 6.92 Å². The largest absolute Gasteiger partial charge is 0.451 e. The van der Waals surface area contributed by atoms with Crippen molar-refractivity contribution in [3.05, 3.63) is 0 Å². The number of alkyl halides is 1. The van der Waals surface area contributed by atoms with Crippen molar-refractivity contribution in [3.63, 3.8) is 0 Å². The summed E-state index contributed by atoms with van der Waals surface area (Å²) in [6.07, 6.45) is 0.00679. The quantitative estimate of drug-likeness (QED) is 0.577. The molecular weight excluding hydrogens is 254 g/mol. The molecule has 0 N–H and O–H groups in total. The standard InChI is InChI=1S/C8H14BrNO4/c1-4-5-10(8(12)13-3)14-7(11)6(2)9/h6H,4-5H2,1-3H3. The summed E-state index contributed by atoms with van der Waals surface area (Å²) in [7, 11) is 1.23. The van der Waals surface area contributed by atoms with Crippen LogP contribution in [0.1, 0.15) is 20.3 Å². The molecule has 1 atom stereocenters. The van der Waals surface area contributed by atoms with Crippen molar-refractivity contribution in [3.8, 4) is 0 Å². The number of halogens is 1. The number of rotatable bonds is 3. The van der Waals surface area contributed by atoms with Crippen molar-refractivity contribution in [2.45, 2.75) is 25.1 Å². The number of hydroxylamine groups is 2. The van der Waals surface area contributed by atoms with Gasteiger partial charge in [0.2, 0.25) is 0 Å². The van der Waals surface area contributed by atoms with Crippen molar-refractivity contribution in [2.24, 2.45) is 0 Å². The second kappa shape index (κ2) is 6.64. The van der Waals surface area contributed by atoms with Gasteiger partial charge in [-0.2, -0.15) is 0 Å². The van der Waals surface area contributed by atoms with Crippen LogP contribution in [0.4, 0.5) is 4.79 Å². The molecular formula is C8H14BrNO4. The monoisotopic (exact) mass is 267 g/mol. The summed E-state index contributed by atoms with van der Waals surface area (Å²) in [5, 5.41) is 0.903. The van der Waals surface area contributed by atoms with Crippen molar-refractivity contribution < 1.29 is 19.2 Å². The zero-order valence-corrected chi connectivity index (χ0v) is 10.0. The SMILES string of the molecule is CCCN(OC(=O)C(C)Br)C(=O)OC. The van der Waals surface area contributed by atoms with Gasteiger partial charge in [-0.25, -0.2) is 9.59 Å². The van der Waals surface area contributed by atoms with Crippen LogP contribution in [0.15, 0.2) is 0 Å². The summed E-state index contributed by atoms with van der Waals surface area (Å²) >= 11 is 3.04. The fraction of sp³-hybridized carbons (Fsp3) is 0.750. The van der Waals surface area contributed by atoms with Crippen molar-refractivity contribution >= 4 is 28.0 Å². The van der Waals surface area contributed by atoms with Gasteiger partial charge in [-0.15, -0.1) is 5.06 Å². The molecule has 0 aliphatic heterocycles. The molecule has 1 amide bonds. The Hall–Kier alpha value is -0.780. The molecule has 0 aliphatic rings. The van der Waals surface area contributed by atoms with Gasteiger partial charge in [-0.3, -0.25) is 0 Å². The van der Waals surface area contributed by atoms with Gasteiger partial charge >= 0.3 is 12.1 Å². The zero-order valence-electron chi connectivity index (χ0n) is 8.45. The maximum absolute atomic E-state index is 11.1. The van der Waals surface area contributed by atoms with E-state index in [1.165, 1.54) is 7.11 Å². The van der Waals surface area contributed by atoms with Crippen LogP contribution in [-0.2, 0) is 14.4 Å². The molecule has 0 radical (unpaired) electrons. The summed E-state index contributed by atoms with van der Waals surface area (Å²) in [6.45, 7) is 3.79. The van der Waals surface area contributed by atoms with E-state index in [0.717, 1.165) is 5.06 Å². The maximum atomic E-state index is 11.1. The van der Waals surface area contributed by atoms with Gasteiger partial charge in [0.15, 0.2) is 0 Å². The normalized spacial score (nSPS) is 11.7. The lowest BCUT2D eigenvalue weighted by molar-refractivity contribution is -0.179. The Bertz CT molecular complexity index is 206. The van der Waals surface area contributed by atoms with Gasteiger partial charge in [-0.1, -0.05) is 22.9 Å². The first kappa shape index (κ1) is 13.2. The van der Waals surface area contributed by atoms with Crippen LogP contribution < -0.4 is 0 Å². The van der Waals surface area contributed by atoms with Gasteiger partial charge in [0.1, 0.15) is 4.83 Å². The summed E-state index contributed by atoms with van der Waals surface area (Å²) in [4.78, 5) is 26.5. The molecule has 0 spiro atoms. The highest BCUT2D eigenvalue weighted by Crippen LogP contribution is 2.04. The predicted molar refractivity (Wildman–Crippen MR) is 53.9 cm³/mol. The van der Waals surface area contributed by atoms with Crippen LogP contribution in [0, 0.1) is 0 Å². The number of ether oxygens (including phenoxy) is 1. The van der Waals surface area contributed by atoms with Crippen LogP contribution in [0.5, 0.6) is 0 Å². The van der Waals surface area contributed by atoms with Crippen LogP contribution in [0.2, 0.25) is 0 Å². The molecule has 1 unspecified atom stereocenters. The maximum Gasteiger partial charge on any atom is 0.443 e. The molecule has 0 saturated heterocycles. The first-order valence-electron chi connectivity index (χ1n) is 4.24. The summed E-state index contributed by atoms with van der Waals surface area (Å²) < 4.78 is 4.44. The first-order valence-corrected chi connectivity index (χ1v) is 5.15. The Morgan fingerprint density at radius 1 is 1.50 bits per heavy atom. The smallest absolute Gasteiger partial charge is 0.443 e. The Kier molecular flexibility index (Phi) is 6.27. The second-order valence-corrected chi connectivity index (χ2v) is 3.97. The molecule has 0 aliphatic carbocycles. The average Bonchev–Trinajstić information content (AvgIpc) is 2.15. The first-order chi connectivity index (χ1) is 6.52. The molecule has 0 fully saturated rings. The van der Waals surface area contributed by atoms with E-state index < -0.39 is 16.9 Å². The van der Waals surface area contributed by atoms with E-state index in [1.54, 1.807) is 6.92 Å². The van der Waals surface area contributed by atoms with Gasteiger partial charge in [0.05, 0.1) is 13.7 Å². The molecule has 0 rings (SSSR count). The Morgan fingerprint density at radius 3 is 2.43 bits per heavy atom. The third kappa shape index (κ3) is 4.45. The van der Waals surface area contributed by atoms with Crippen LogP contribution in [0.25, 0.3) is 0 Å². The summed E-state index contributed by atoms with van der Waals surface area (Å²) in [5.74, 6) is -0.524. The van der Waals surface area contributed by atoms with Gasteiger partial charge in [0, 0.05) is 0 Å². The van der Waals surface area contributed by atoms with E-state index in [9.17, 15) is 9.59 Å². The molecule has 6 heteroatoms. The average molecular weight is 268 g/mol. The number of carbonyl (C=O) groups is 2. The molecule has 0 saturated carbocycles. The minimum absolute atomic E-state index is 0.318. The highest BCUT2D eigenvalue weighted by atomic mass is 79.9. The fourth-order valence-electron chi connectivity index (χ4n) is 0.660. The van der Waals surface area contributed by atoms with Crippen LogP contribution in [0.3, 0.4) is 0 Å². The molecule has 82 valence electrons. The number of hydrogen-bond donors (Lipinski definition) is 0. The second-order valence-electron chi connectivity index (χ2n) is 2.60. The number of methoxy groups -OCH3 is 1. The topological polar surface area (TPSA) is 55.8 Å². The summed E-state index contributed by atoms with van der Waals surface area (Å²) in [6, 6.07) is 0. The van der Waals surface area contributed by atoms with Crippen molar-refractivity contribution in [1.29, 1.82) is 0 Å². The third-order valence-electron chi connectivity index (χ3n) is 1.33. The van der Waals surface area contributed by atoms with Gasteiger partial charge in [0.25, 0.3) is 0 Å². The molecule has 14 heavy (non-hydrogen) atoms. The Balaban J connectivity index is 4.22. The highest BCUT2D eigenvalue weighted by Gasteiger charge is 2.20. The molecule has 0 heterocycles. The zero-order chi connectivity index (χ0) is 11.1. The van der Waals surface area contributed by atoms with E-state index in [4.69, 9.17) is 4.84 Å². The Labute approximate surface area is 91.4 Å². The van der Waals surface area contributed by atoms with Gasteiger partial charge in [-0.05, 0) is 13.3 Å². The third-order valence-corrected chi connectivity index (χ3v) is 1.70. The molecule has 0 aromatic carbocycles. The molecule has 0 aromatic heterocycles. The Morgan fingerprint density at radius 2 is 2.07 bits per heavy atom. The van der Waals surface area contributed by atoms with Crippen molar-refractivity contribution in [2.75, 3.05) is 13.7 Å². The van der Waals surface area contributed by atoms with Crippen molar-refractivity contribution in [1.82, 2.24) is 5.06 Å². The predicted octanol–water partition coefficient (Wildman–Crippen LogP) is 1.71. The number of amides is 1. The van der Waals surface area contributed by atoms with Crippen LogP contribution in [-0.4, -0.2) is 35.6 Å². The van der Waals surface area contributed by atoms with E-state index in [0.29, 0.717) is 13.0 Å². The lowest BCUT2D eigenvalue weighted by Crippen LogP contribution is -2.36. The minimum atomic E-state index is -0.673. The molecule has 0 bridgehead atoms. The minimum Gasteiger partial charge on any atom is -0.451 e. The number of carbonyl (C=O) groups excluding carboxylic acids is 2. The fourth-order valence-corrected chi connectivity index (χ4v) is 0.744. The number of hydrogen-bond acceptors (Lipinski definition) is 4. The van der Waals surface area contributed by atoms with E-state index in [2.05, 4.69) is 20.7 Å². The lowest BCUT2D eigenvalue weighted by Gasteiger charge is -2.19. The number of nitrogens with zero attached hydrogens (tertiary/aromatic N) is 1.